The van der Waals surface area contributed by atoms with Crippen LogP contribution in [0.4, 0.5) is 16.2 Å². The normalized spacial score (nSPS) is 20.3. The Balaban J connectivity index is 1.38. The lowest BCUT2D eigenvalue weighted by Gasteiger charge is -2.36. The van der Waals surface area contributed by atoms with Gasteiger partial charge in [0.15, 0.2) is 11.5 Å². The smallest absolute Gasteiger partial charge is 0.323 e. The van der Waals surface area contributed by atoms with Crippen LogP contribution in [0.1, 0.15) is 60.7 Å². The van der Waals surface area contributed by atoms with E-state index in [1.165, 1.54) is 0 Å². The van der Waals surface area contributed by atoms with Gasteiger partial charge in [0.25, 0.3) is 11.8 Å². The molecule has 0 fully saturated rings. The molecule has 4 atom stereocenters. The Morgan fingerprint density at radius 1 is 0.959 bits per heavy atom. The number of urea groups is 1. The first kappa shape index (κ1) is 35.5. The summed E-state index contributed by atoms with van der Waals surface area (Å²) >= 11 is 0. The number of aliphatic hydroxyl groups is 1. The van der Waals surface area contributed by atoms with Gasteiger partial charge < -0.3 is 44.5 Å². The number of hydrogen-bond donors (Lipinski definition) is 3. The molecule has 2 aliphatic heterocycles. The van der Waals surface area contributed by atoms with E-state index in [0.29, 0.717) is 47.3 Å². The fraction of sp³-hybridized carbons (Fsp3) is 0.432. The van der Waals surface area contributed by atoms with E-state index in [1.54, 1.807) is 72.3 Å². The molecule has 0 bridgehead atoms. The summed E-state index contributed by atoms with van der Waals surface area (Å²) in [5, 5.41) is 15.8. The zero-order valence-electron chi connectivity index (χ0n) is 28.5. The van der Waals surface area contributed by atoms with Gasteiger partial charge in [0.2, 0.25) is 6.79 Å². The second-order valence-electron chi connectivity index (χ2n) is 12.7. The van der Waals surface area contributed by atoms with Crippen LogP contribution in [0.5, 0.6) is 17.2 Å². The van der Waals surface area contributed by atoms with Gasteiger partial charge in [-0.2, -0.15) is 0 Å². The van der Waals surface area contributed by atoms with Gasteiger partial charge in [-0.15, -0.1) is 0 Å². The average molecular weight is 675 g/mol. The van der Waals surface area contributed by atoms with Crippen LogP contribution >= 0.6 is 0 Å². The highest BCUT2D eigenvalue weighted by Gasteiger charge is 2.31. The standard InChI is InChI=1S/C37H46N4O8/c1-24-20-41(25(2)22-42)36(44)30-18-28(38-37(45)39-29-14-16-32-33(19-29)48-23-47-32)13-15-31(30)49-26(3)10-8-9-17-46-34(24)21-40(4)35(43)27-11-6-5-7-12-27/h5-7,11-16,18-19,24-26,34,42H,8-10,17,20-23H2,1-4H3,(H2,38,39,45)/t24-,25+,26-,34+/m1/s1. The van der Waals surface area contributed by atoms with Crippen molar-refractivity contribution in [3.63, 3.8) is 0 Å². The highest BCUT2D eigenvalue weighted by atomic mass is 16.7. The van der Waals surface area contributed by atoms with Crippen LogP contribution < -0.4 is 24.8 Å². The van der Waals surface area contributed by atoms with E-state index in [9.17, 15) is 19.5 Å². The third-order valence-corrected chi connectivity index (χ3v) is 8.76. The number of likely N-dealkylation sites (N-methyl/N-ethyl adjacent to an activating group) is 1. The number of amides is 4. The maximum absolute atomic E-state index is 14.4. The molecule has 4 amide bonds. The monoisotopic (exact) mass is 674 g/mol. The Morgan fingerprint density at radius 3 is 2.39 bits per heavy atom. The highest BCUT2D eigenvalue weighted by Crippen LogP contribution is 2.34. The third kappa shape index (κ3) is 9.21. The number of anilines is 2. The summed E-state index contributed by atoms with van der Waals surface area (Å²) in [6, 6.07) is 18.1. The Morgan fingerprint density at radius 2 is 1.65 bits per heavy atom. The molecule has 3 aromatic rings. The van der Waals surface area contributed by atoms with Gasteiger partial charge in [0, 0.05) is 55.7 Å². The Kier molecular flexibility index (Phi) is 12.0. The maximum atomic E-state index is 14.4. The quantitative estimate of drug-likeness (QED) is 0.293. The van der Waals surface area contributed by atoms with Crippen molar-refractivity contribution in [3.05, 3.63) is 77.9 Å². The number of hydrogen-bond acceptors (Lipinski definition) is 8. The lowest BCUT2D eigenvalue weighted by Crippen LogP contribution is -2.48. The van der Waals surface area contributed by atoms with E-state index in [1.807, 2.05) is 32.0 Å². The Hall–Kier alpha value is -4.81. The number of nitrogens with one attached hydrogen (secondary N) is 2. The van der Waals surface area contributed by atoms with Crippen molar-refractivity contribution in [3.8, 4) is 17.2 Å². The topological polar surface area (TPSA) is 139 Å². The number of nitrogens with zero attached hydrogens (tertiary/aromatic N) is 2. The summed E-state index contributed by atoms with van der Waals surface area (Å²) < 4.78 is 23.4. The van der Waals surface area contributed by atoms with Crippen LogP contribution in [0.15, 0.2) is 66.7 Å². The predicted molar refractivity (Wildman–Crippen MR) is 185 cm³/mol. The third-order valence-electron chi connectivity index (χ3n) is 8.76. The van der Waals surface area contributed by atoms with Crippen molar-refractivity contribution in [1.29, 1.82) is 0 Å². The minimum atomic E-state index is -0.539. The van der Waals surface area contributed by atoms with E-state index >= 15 is 0 Å². The van der Waals surface area contributed by atoms with Crippen LogP contribution in [0.3, 0.4) is 0 Å². The van der Waals surface area contributed by atoms with Gasteiger partial charge in [0.05, 0.1) is 30.4 Å². The SMILES string of the molecule is C[C@@H]1CCCCO[C@@H](CN(C)C(=O)c2ccccc2)[C@H](C)CN([C@@H](C)CO)C(=O)c2cc(NC(=O)Nc3ccc4c(c3)OCO4)ccc2O1. The number of carbonyl (C=O) groups is 3. The molecule has 0 aromatic heterocycles. The highest BCUT2D eigenvalue weighted by molar-refractivity contribution is 6.02. The number of fused-ring (bicyclic) bond motifs is 2. The Bertz CT molecular complexity index is 1600. The molecule has 5 rings (SSSR count). The van der Waals surface area contributed by atoms with E-state index in [0.717, 1.165) is 19.3 Å². The molecule has 2 aliphatic rings. The molecule has 12 heteroatoms. The molecule has 0 radical (unpaired) electrons. The van der Waals surface area contributed by atoms with Gasteiger partial charge in [0.1, 0.15) is 5.75 Å². The van der Waals surface area contributed by atoms with E-state index in [4.69, 9.17) is 18.9 Å². The molecule has 2 heterocycles. The zero-order chi connectivity index (χ0) is 34.9. The summed E-state index contributed by atoms with van der Waals surface area (Å²) in [6.45, 7) is 6.64. The number of aliphatic hydroxyl groups excluding tert-OH is 1. The molecule has 262 valence electrons. The second kappa shape index (κ2) is 16.5. The van der Waals surface area contributed by atoms with E-state index < -0.39 is 12.1 Å². The van der Waals surface area contributed by atoms with Crippen molar-refractivity contribution >= 4 is 29.2 Å². The maximum Gasteiger partial charge on any atom is 0.323 e. The van der Waals surface area contributed by atoms with Crippen LogP contribution in [-0.2, 0) is 4.74 Å². The van der Waals surface area contributed by atoms with Crippen LogP contribution in [-0.4, -0.2) is 91.1 Å². The summed E-state index contributed by atoms with van der Waals surface area (Å²) in [5.74, 6) is 0.848. The summed E-state index contributed by atoms with van der Waals surface area (Å²) in [5.41, 5.74) is 1.74. The minimum Gasteiger partial charge on any atom is -0.490 e. The second-order valence-corrected chi connectivity index (χ2v) is 12.7. The first-order valence-electron chi connectivity index (χ1n) is 16.7. The molecule has 0 spiro atoms. The van der Waals surface area contributed by atoms with Crippen LogP contribution in [0.2, 0.25) is 0 Å². The van der Waals surface area contributed by atoms with Gasteiger partial charge in [-0.05, 0) is 75.6 Å². The summed E-state index contributed by atoms with van der Waals surface area (Å²) in [6.07, 6.45) is 1.81. The molecule has 0 unspecified atom stereocenters. The number of ether oxygens (including phenoxy) is 4. The van der Waals surface area contributed by atoms with Crippen LogP contribution in [0.25, 0.3) is 0 Å². The molecule has 3 N–H and O–H groups in total. The largest absolute Gasteiger partial charge is 0.490 e. The van der Waals surface area contributed by atoms with E-state index in [2.05, 4.69) is 10.6 Å². The zero-order valence-corrected chi connectivity index (χ0v) is 28.5. The average Bonchev–Trinajstić information content (AvgIpc) is 3.57. The first-order chi connectivity index (χ1) is 23.6. The minimum absolute atomic E-state index is 0.116. The first-order valence-corrected chi connectivity index (χ1v) is 16.7. The van der Waals surface area contributed by atoms with Gasteiger partial charge in [-0.1, -0.05) is 25.1 Å². The number of benzene rings is 3. The van der Waals surface area contributed by atoms with E-state index in [-0.39, 0.29) is 55.4 Å². The van der Waals surface area contributed by atoms with Gasteiger partial charge in [-0.25, -0.2) is 4.79 Å². The molecule has 0 saturated heterocycles. The lowest BCUT2D eigenvalue weighted by molar-refractivity contribution is -0.0149. The van der Waals surface area contributed by atoms with Gasteiger partial charge in [-0.3, -0.25) is 9.59 Å². The van der Waals surface area contributed by atoms with Crippen molar-refractivity contribution in [1.82, 2.24) is 9.80 Å². The predicted octanol–water partition coefficient (Wildman–Crippen LogP) is 5.63. The van der Waals surface area contributed by atoms with Crippen molar-refractivity contribution in [2.45, 2.75) is 58.3 Å². The molecule has 12 nitrogen and oxygen atoms in total. The molecular formula is C37H46N4O8. The summed E-state index contributed by atoms with van der Waals surface area (Å²) in [7, 11) is 1.75. The molecule has 49 heavy (non-hydrogen) atoms. The Labute approximate surface area is 287 Å². The molecule has 0 aliphatic carbocycles. The van der Waals surface area contributed by atoms with Crippen molar-refractivity contribution in [2.24, 2.45) is 5.92 Å². The van der Waals surface area contributed by atoms with Crippen LogP contribution in [0, 0.1) is 5.92 Å². The lowest BCUT2D eigenvalue weighted by atomic mass is 10.0. The van der Waals surface area contributed by atoms with Crippen molar-refractivity contribution in [2.75, 3.05) is 50.8 Å². The van der Waals surface area contributed by atoms with Gasteiger partial charge >= 0.3 is 6.03 Å². The number of rotatable bonds is 7. The number of carbonyl (C=O) groups excluding carboxylic acids is 3. The molecule has 0 saturated carbocycles. The molecule has 3 aromatic carbocycles. The fourth-order valence-corrected chi connectivity index (χ4v) is 5.88. The van der Waals surface area contributed by atoms with Crippen molar-refractivity contribution < 1.29 is 38.4 Å². The summed E-state index contributed by atoms with van der Waals surface area (Å²) in [4.78, 5) is 43.8. The molecular weight excluding hydrogens is 628 g/mol. The fourth-order valence-electron chi connectivity index (χ4n) is 5.88.